The van der Waals surface area contributed by atoms with Crippen LogP contribution in [0.4, 0.5) is 5.69 Å². The number of amides is 1. The van der Waals surface area contributed by atoms with E-state index in [1.807, 2.05) is 0 Å². The minimum Gasteiger partial charge on any atom is -0.507 e. The molecule has 1 N–H and O–H groups in total. The third-order valence-electron chi connectivity index (χ3n) is 5.41. The molecule has 1 atom stereocenters. The molecule has 2 heterocycles. The molecule has 1 unspecified atom stereocenters. The van der Waals surface area contributed by atoms with Gasteiger partial charge in [0.05, 0.1) is 23.6 Å². The number of aliphatic hydroxyl groups excluding tert-OH is 1. The zero-order chi connectivity index (χ0) is 23.5. The summed E-state index contributed by atoms with van der Waals surface area (Å²) in [6.07, 6.45) is 3.15. The van der Waals surface area contributed by atoms with Crippen molar-refractivity contribution in [3.63, 3.8) is 0 Å². The average molecular weight is 445 g/mol. The van der Waals surface area contributed by atoms with E-state index in [1.54, 1.807) is 48.8 Å². The molecule has 1 aromatic heterocycles. The normalized spacial score (nSPS) is 17.2. The Hall–Kier alpha value is -4.53. The monoisotopic (exact) mass is 445 g/mol. The highest BCUT2D eigenvalue weighted by Crippen LogP contribution is 2.43. The van der Waals surface area contributed by atoms with Crippen LogP contribution in [0.5, 0.6) is 5.75 Å². The summed E-state index contributed by atoms with van der Waals surface area (Å²) in [7, 11) is 1.47. The van der Waals surface area contributed by atoms with Crippen LogP contribution >= 0.6 is 0 Å². The summed E-state index contributed by atoms with van der Waals surface area (Å²) < 4.78 is 5.46. The van der Waals surface area contributed by atoms with Gasteiger partial charge in [-0.1, -0.05) is 30.3 Å². The quantitative estimate of drug-likeness (QED) is 0.202. The minimum atomic E-state index is -0.964. The molecule has 0 aliphatic carbocycles. The number of para-hydroxylation sites is 1. The molecular weight excluding hydrogens is 426 g/mol. The maximum Gasteiger partial charge on any atom is 0.295 e. The molecule has 1 aliphatic heterocycles. The van der Waals surface area contributed by atoms with Gasteiger partial charge < -0.3 is 14.7 Å². The number of Topliss-reactive ketones (excluding diaryl/α,β-unsaturated/α-hetero) is 1. The van der Waals surface area contributed by atoms with E-state index in [2.05, 4.69) is 4.98 Å². The lowest BCUT2D eigenvalue weighted by atomic mass is 9.94. The van der Waals surface area contributed by atoms with Gasteiger partial charge in [-0.05, 0) is 23.8 Å². The van der Waals surface area contributed by atoms with E-state index >= 15 is 0 Å². The Bertz CT molecular complexity index is 1270. The lowest BCUT2D eigenvalue weighted by molar-refractivity contribution is -0.384. The molecule has 1 fully saturated rings. The number of carbonyl (C=O) groups is 2. The molecule has 0 spiro atoms. The number of nitro benzene ring substituents is 1. The van der Waals surface area contributed by atoms with Crippen molar-refractivity contribution in [3.05, 3.63) is 105 Å². The maximum atomic E-state index is 13.1. The lowest BCUT2D eigenvalue weighted by Crippen LogP contribution is -2.29. The van der Waals surface area contributed by atoms with Crippen molar-refractivity contribution in [3.8, 4) is 5.75 Å². The molecule has 9 heteroatoms. The van der Waals surface area contributed by atoms with Gasteiger partial charge in [-0.3, -0.25) is 24.7 Å². The van der Waals surface area contributed by atoms with E-state index in [4.69, 9.17) is 4.74 Å². The predicted octanol–water partition coefficient (Wildman–Crippen LogP) is 3.62. The van der Waals surface area contributed by atoms with E-state index in [-0.39, 0.29) is 23.4 Å². The third-order valence-corrected chi connectivity index (χ3v) is 5.41. The van der Waals surface area contributed by atoms with Gasteiger partial charge in [-0.15, -0.1) is 0 Å². The van der Waals surface area contributed by atoms with E-state index < -0.39 is 28.4 Å². The van der Waals surface area contributed by atoms with Gasteiger partial charge in [0.1, 0.15) is 11.5 Å². The fourth-order valence-electron chi connectivity index (χ4n) is 3.87. The van der Waals surface area contributed by atoms with Crippen molar-refractivity contribution in [2.24, 2.45) is 0 Å². The Kier molecular flexibility index (Phi) is 5.86. The third kappa shape index (κ3) is 4.03. The van der Waals surface area contributed by atoms with Crippen LogP contribution in [0.25, 0.3) is 5.76 Å². The molecule has 1 amide bonds. The molecule has 9 nitrogen and oxygen atoms in total. The first-order chi connectivity index (χ1) is 15.9. The van der Waals surface area contributed by atoms with Crippen LogP contribution < -0.4 is 4.74 Å². The highest BCUT2D eigenvalue weighted by Gasteiger charge is 2.47. The first-order valence-corrected chi connectivity index (χ1v) is 9.97. The second kappa shape index (κ2) is 8.91. The smallest absolute Gasteiger partial charge is 0.295 e. The average Bonchev–Trinajstić information content (AvgIpc) is 3.09. The summed E-state index contributed by atoms with van der Waals surface area (Å²) in [6.45, 7) is 0.0848. The fourth-order valence-corrected chi connectivity index (χ4v) is 3.87. The summed E-state index contributed by atoms with van der Waals surface area (Å²) in [5.41, 5.74) is 0.881. The van der Waals surface area contributed by atoms with Gasteiger partial charge in [0, 0.05) is 42.2 Å². The van der Waals surface area contributed by atoms with Crippen molar-refractivity contribution in [2.45, 2.75) is 12.6 Å². The molecule has 1 saturated heterocycles. The molecule has 2 aromatic carbocycles. The molecule has 33 heavy (non-hydrogen) atoms. The van der Waals surface area contributed by atoms with E-state index in [0.29, 0.717) is 11.3 Å². The first kappa shape index (κ1) is 21.7. The number of likely N-dealkylation sites (tertiary alicyclic amines) is 1. The molecule has 3 aromatic rings. The molecule has 0 saturated carbocycles. The number of aliphatic hydroxyl groups is 1. The van der Waals surface area contributed by atoms with Crippen molar-refractivity contribution >= 4 is 23.1 Å². The van der Waals surface area contributed by atoms with Crippen LogP contribution in [0.3, 0.4) is 0 Å². The number of hydrogen-bond donors (Lipinski definition) is 1. The van der Waals surface area contributed by atoms with Crippen LogP contribution in [0, 0.1) is 10.1 Å². The van der Waals surface area contributed by atoms with Gasteiger partial charge in [0.2, 0.25) is 0 Å². The van der Waals surface area contributed by atoms with Crippen LogP contribution in [0.15, 0.2) is 78.6 Å². The van der Waals surface area contributed by atoms with Gasteiger partial charge in [-0.2, -0.15) is 0 Å². The number of methoxy groups -OCH3 is 1. The second-order valence-corrected chi connectivity index (χ2v) is 7.33. The summed E-state index contributed by atoms with van der Waals surface area (Å²) in [6, 6.07) is 14.6. The largest absolute Gasteiger partial charge is 0.507 e. The number of ketones is 1. The SMILES string of the molecule is COc1ccccc1C1/C(=C(\O)c2cccc([N+](=O)[O-])c2)C(=O)C(=O)N1Cc1ccncc1. The Balaban J connectivity index is 1.91. The van der Waals surface area contributed by atoms with Crippen LogP contribution in [-0.2, 0) is 16.1 Å². The Morgan fingerprint density at radius 3 is 2.55 bits per heavy atom. The topological polar surface area (TPSA) is 123 Å². The van der Waals surface area contributed by atoms with Crippen LogP contribution in [0.1, 0.15) is 22.7 Å². The lowest BCUT2D eigenvalue weighted by Gasteiger charge is -2.26. The predicted molar refractivity (Wildman–Crippen MR) is 118 cm³/mol. The van der Waals surface area contributed by atoms with Gasteiger partial charge >= 0.3 is 0 Å². The number of aromatic nitrogens is 1. The number of carbonyl (C=O) groups excluding carboxylic acids is 2. The highest BCUT2D eigenvalue weighted by atomic mass is 16.6. The Morgan fingerprint density at radius 1 is 1.12 bits per heavy atom. The second-order valence-electron chi connectivity index (χ2n) is 7.33. The highest BCUT2D eigenvalue weighted by molar-refractivity contribution is 6.46. The standard InChI is InChI=1S/C24H19N3O6/c1-33-19-8-3-2-7-18(19)21-20(22(28)16-5-4-6-17(13-16)27(31)32)23(29)24(30)26(21)14-15-9-11-25-12-10-15/h2-13,21,28H,14H2,1H3/b22-20+. The molecule has 1 aliphatic rings. The van der Waals surface area contributed by atoms with Crippen molar-refractivity contribution in [1.29, 1.82) is 0 Å². The Morgan fingerprint density at radius 2 is 1.85 bits per heavy atom. The molecular formula is C24H19N3O6. The molecule has 4 rings (SSSR count). The summed E-state index contributed by atoms with van der Waals surface area (Å²) in [5.74, 6) is -1.75. The molecule has 0 radical (unpaired) electrons. The van der Waals surface area contributed by atoms with Crippen molar-refractivity contribution < 1.29 is 24.4 Å². The van der Waals surface area contributed by atoms with Gasteiger partial charge in [0.25, 0.3) is 17.4 Å². The van der Waals surface area contributed by atoms with E-state index in [1.165, 1.54) is 30.2 Å². The van der Waals surface area contributed by atoms with Crippen LogP contribution in [0.2, 0.25) is 0 Å². The van der Waals surface area contributed by atoms with E-state index in [0.717, 1.165) is 11.6 Å². The molecule has 0 bridgehead atoms. The van der Waals surface area contributed by atoms with Gasteiger partial charge in [-0.25, -0.2) is 0 Å². The Labute approximate surface area is 188 Å². The van der Waals surface area contributed by atoms with Gasteiger partial charge in [0.15, 0.2) is 0 Å². The zero-order valence-corrected chi connectivity index (χ0v) is 17.5. The zero-order valence-electron chi connectivity index (χ0n) is 17.5. The number of non-ortho nitro benzene ring substituents is 1. The van der Waals surface area contributed by atoms with Crippen molar-refractivity contribution in [2.75, 3.05) is 7.11 Å². The minimum absolute atomic E-state index is 0.0611. The van der Waals surface area contributed by atoms with E-state index in [9.17, 15) is 24.8 Å². The maximum absolute atomic E-state index is 13.1. The number of benzene rings is 2. The van der Waals surface area contributed by atoms with Crippen LogP contribution in [-0.4, -0.2) is 38.7 Å². The number of hydrogen-bond acceptors (Lipinski definition) is 7. The molecule has 166 valence electrons. The number of pyridine rings is 1. The summed E-state index contributed by atoms with van der Waals surface area (Å²) in [4.78, 5) is 42.1. The van der Waals surface area contributed by atoms with Crippen molar-refractivity contribution in [1.82, 2.24) is 9.88 Å². The number of ether oxygens (including phenoxy) is 1. The number of nitrogens with zero attached hydrogens (tertiary/aromatic N) is 3. The first-order valence-electron chi connectivity index (χ1n) is 9.97. The summed E-state index contributed by atoms with van der Waals surface area (Å²) >= 11 is 0. The summed E-state index contributed by atoms with van der Waals surface area (Å²) in [5, 5.41) is 22.3. The fraction of sp³-hybridized carbons (Fsp3) is 0.125. The number of rotatable bonds is 6. The number of nitro groups is 1.